The molecule has 0 saturated carbocycles. The number of amides is 1. The molecule has 29 heavy (non-hydrogen) atoms. The van der Waals surface area contributed by atoms with Gasteiger partial charge in [-0.05, 0) is 43.0 Å². The van der Waals surface area contributed by atoms with Gasteiger partial charge in [-0.25, -0.2) is 14.2 Å². The highest BCUT2D eigenvalue weighted by molar-refractivity contribution is 5.85. The number of nitrogens with two attached hydrogens (primary N) is 1. The number of nitriles is 1. The monoisotopic (exact) mass is 400 g/mol. The lowest BCUT2D eigenvalue weighted by Crippen LogP contribution is -2.43. The number of carbonyl (C=O) groups is 1. The van der Waals surface area contributed by atoms with Gasteiger partial charge in [-0.3, -0.25) is 4.90 Å². The van der Waals surface area contributed by atoms with E-state index in [2.05, 4.69) is 18.8 Å². The summed E-state index contributed by atoms with van der Waals surface area (Å²) < 4.78 is 20.6. The molecule has 7 nitrogen and oxygen atoms in total. The number of hydrogen-bond donors (Lipinski definition) is 2. The van der Waals surface area contributed by atoms with E-state index in [1.807, 2.05) is 13.0 Å². The highest BCUT2D eigenvalue weighted by atomic mass is 19.1. The van der Waals surface area contributed by atoms with Gasteiger partial charge in [0.15, 0.2) is 11.6 Å². The third kappa shape index (κ3) is 5.42. The molecule has 0 fully saturated rings. The van der Waals surface area contributed by atoms with E-state index in [4.69, 9.17) is 15.6 Å². The summed E-state index contributed by atoms with van der Waals surface area (Å²) in [7, 11) is 1.20. The normalized spacial score (nSPS) is 12.9. The van der Waals surface area contributed by atoms with E-state index in [1.165, 1.54) is 25.4 Å². The Hall–Kier alpha value is -3.18. The molecule has 0 radical (unpaired) electrons. The number of anilines is 1. The van der Waals surface area contributed by atoms with Crippen LogP contribution in [0.2, 0.25) is 0 Å². The minimum absolute atomic E-state index is 0.134. The summed E-state index contributed by atoms with van der Waals surface area (Å²) in [6.07, 6.45) is 0.742. The molecule has 1 unspecified atom stereocenters. The molecule has 0 saturated heterocycles. The smallest absolute Gasteiger partial charge is 0.412 e. The lowest BCUT2D eigenvalue weighted by molar-refractivity contribution is 0.203. The molecule has 0 aliphatic heterocycles. The van der Waals surface area contributed by atoms with Crippen LogP contribution in [0.5, 0.6) is 5.75 Å². The largest absolute Gasteiger partial charge is 0.490 e. The number of pyridine rings is 1. The maximum atomic E-state index is 14.8. The van der Waals surface area contributed by atoms with Crippen LogP contribution in [0, 0.1) is 23.1 Å². The average Bonchev–Trinajstić information content (AvgIpc) is 2.65. The Morgan fingerprint density at radius 2 is 2.14 bits per heavy atom. The SMILES string of the molecule is CC(C)CC(C)(N)COc1ccc(-c2ccnc(N(C)C(=O)O)c2F)cc1C#N. The fourth-order valence-corrected chi connectivity index (χ4v) is 3.13. The molecule has 0 spiro atoms. The van der Waals surface area contributed by atoms with Crippen LogP contribution in [0.1, 0.15) is 32.8 Å². The molecular formula is C21H25FN4O3. The number of nitrogens with zero attached hydrogens (tertiary/aromatic N) is 3. The molecule has 2 aromatic rings. The van der Waals surface area contributed by atoms with Crippen LogP contribution in [0.15, 0.2) is 30.5 Å². The predicted octanol–water partition coefficient (Wildman–Crippen LogP) is 4.02. The van der Waals surface area contributed by atoms with Crippen molar-refractivity contribution in [2.24, 2.45) is 11.7 Å². The van der Waals surface area contributed by atoms with E-state index >= 15 is 0 Å². The van der Waals surface area contributed by atoms with Gasteiger partial charge >= 0.3 is 6.09 Å². The van der Waals surface area contributed by atoms with Crippen molar-refractivity contribution in [2.75, 3.05) is 18.6 Å². The maximum absolute atomic E-state index is 14.8. The summed E-state index contributed by atoms with van der Waals surface area (Å²) in [5.41, 5.74) is 6.47. The Morgan fingerprint density at radius 1 is 1.45 bits per heavy atom. The zero-order chi connectivity index (χ0) is 21.8. The Kier molecular flexibility index (Phi) is 6.77. The van der Waals surface area contributed by atoms with Crippen molar-refractivity contribution in [3.63, 3.8) is 0 Å². The lowest BCUT2D eigenvalue weighted by Gasteiger charge is -2.26. The Balaban J connectivity index is 2.33. The van der Waals surface area contributed by atoms with E-state index in [0.717, 1.165) is 6.42 Å². The van der Waals surface area contributed by atoms with Crippen LogP contribution in [0.25, 0.3) is 11.1 Å². The number of carboxylic acid groups (broad SMARTS) is 1. The first-order valence-electron chi connectivity index (χ1n) is 9.13. The van der Waals surface area contributed by atoms with E-state index in [-0.39, 0.29) is 23.6 Å². The summed E-state index contributed by atoms with van der Waals surface area (Å²) in [5.74, 6) is -0.351. The lowest BCUT2D eigenvalue weighted by atomic mass is 9.93. The zero-order valence-electron chi connectivity index (χ0n) is 16.9. The quantitative estimate of drug-likeness (QED) is 0.726. The summed E-state index contributed by atoms with van der Waals surface area (Å²) >= 11 is 0. The summed E-state index contributed by atoms with van der Waals surface area (Å²) in [5, 5.41) is 18.6. The first-order valence-corrected chi connectivity index (χ1v) is 9.13. The summed E-state index contributed by atoms with van der Waals surface area (Å²) in [4.78, 5) is 15.6. The molecule has 1 atom stereocenters. The van der Waals surface area contributed by atoms with Crippen molar-refractivity contribution < 1.29 is 19.0 Å². The van der Waals surface area contributed by atoms with Gasteiger partial charge in [-0.1, -0.05) is 19.9 Å². The van der Waals surface area contributed by atoms with Crippen molar-refractivity contribution in [1.82, 2.24) is 4.98 Å². The molecule has 3 N–H and O–H groups in total. The second-order valence-corrected chi connectivity index (χ2v) is 7.70. The van der Waals surface area contributed by atoms with Crippen molar-refractivity contribution >= 4 is 11.9 Å². The third-order valence-electron chi connectivity index (χ3n) is 4.32. The average molecular weight is 400 g/mol. The van der Waals surface area contributed by atoms with Gasteiger partial charge in [-0.2, -0.15) is 5.26 Å². The molecular weight excluding hydrogens is 375 g/mol. The van der Waals surface area contributed by atoms with Gasteiger partial charge in [0.25, 0.3) is 0 Å². The number of rotatable bonds is 7. The van der Waals surface area contributed by atoms with Crippen LogP contribution in [-0.2, 0) is 0 Å². The topological polar surface area (TPSA) is 112 Å². The molecule has 2 rings (SSSR count). The van der Waals surface area contributed by atoms with Crippen LogP contribution in [-0.4, -0.2) is 35.4 Å². The molecule has 0 bridgehead atoms. The van der Waals surface area contributed by atoms with Gasteiger partial charge in [0.1, 0.15) is 18.4 Å². The molecule has 8 heteroatoms. The van der Waals surface area contributed by atoms with Gasteiger partial charge in [0, 0.05) is 24.3 Å². The van der Waals surface area contributed by atoms with Crippen LogP contribution in [0.4, 0.5) is 15.0 Å². The fraction of sp³-hybridized carbons (Fsp3) is 0.381. The third-order valence-corrected chi connectivity index (χ3v) is 4.32. The van der Waals surface area contributed by atoms with E-state index in [0.29, 0.717) is 22.1 Å². The molecule has 154 valence electrons. The fourth-order valence-electron chi connectivity index (χ4n) is 3.13. The molecule has 0 aliphatic rings. The Bertz CT molecular complexity index is 938. The van der Waals surface area contributed by atoms with Gasteiger partial charge in [-0.15, -0.1) is 0 Å². The van der Waals surface area contributed by atoms with Crippen LogP contribution >= 0.6 is 0 Å². The summed E-state index contributed by atoms with van der Waals surface area (Å²) in [6, 6.07) is 8.16. The number of halogens is 1. The summed E-state index contributed by atoms with van der Waals surface area (Å²) in [6.45, 7) is 6.26. The number of benzene rings is 1. The van der Waals surface area contributed by atoms with Gasteiger partial charge in [0.05, 0.1) is 5.56 Å². The first-order chi connectivity index (χ1) is 13.6. The van der Waals surface area contributed by atoms with Gasteiger partial charge in [0.2, 0.25) is 0 Å². The number of aromatic nitrogens is 1. The second kappa shape index (κ2) is 8.88. The van der Waals surface area contributed by atoms with Gasteiger partial charge < -0.3 is 15.6 Å². The molecule has 1 heterocycles. The predicted molar refractivity (Wildman–Crippen MR) is 108 cm³/mol. The maximum Gasteiger partial charge on any atom is 0.412 e. The minimum Gasteiger partial charge on any atom is -0.490 e. The highest BCUT2D eigenvalue weighted by Gasteiger charge is 2.22. The van der Waals surface area contributed by atoms with Crippen molar-refractivity contribution in [2.45, 2.75) is 32.7 Å². The van der Waals surface area contributed by atoms with Crippen molar-refractivity contribution in [3.05, 3.63) is 41.8 Å². The van der Waals surface area contributed by atoms with E-state index < -0.39 is 17.4 Å². The molecule has 1 amide bonds. The highest BCUT2D eigenvalue weighted by Crippen LogP contribution is 2.31. The van der Waals surface area contributed by atoms with Crippen LogP contribution < -0.4 is 15.4 Å². The van der Waals surface area contributed by atoms with Crippen molar-refractivity contribution in [3.8, 4) is 22.9 Å². The first kappa shape index (κ1) is 22.1. The van der Waals surface area contributed by atoms with Crippen LogP contribution in [0.3, 0.4) is 0 Å². The molecule has 1 aromatic heterocycles. The molecule has 1 aromatic carbocycles. The second-order valence-electron chi connectivity index (χ2n) is 7.70. The van der Waals surface area contributed by atoms with E-state index in [1.54, 1.807) is 12.1 Å². The number of hydrogen-bond acceptors (Lipinski definition) is 5. The Labute approximate surface area is 169 Å². The minimum atomic E-state index is -1.33. The van der Waals surface area contributed by atoms with Crippen molar-refractivity contribution in [1.29, 1.82) is 5.26 Å². The molecule has 0 aliphatic carbocycles. The Morgan fingerprint density at radius 3 is 2.72 bits per heavy atom. The zero-order valence-corrected chi connectivity index (χ0v) is 16.9. The standard InChI is InChI=1S/C21H25FN4O3/c1-13(2)10-21(3,24)12-29-17-6-5-14(9-15(17)11-23)16-7-8-25-19(18(16)22)26(4)20(27)28/h5-9,13H,10,12,24H2,1-4H3,(H,27,28). The number of ether oxygens (including phenoxy) is 1. The van der Waals surface area contributed by atoms with E-state index in [9.17, 15) is 14.4 Å².